The van der Waals surface area contributed by atoms with Crippen molar-refractivity contribution in [2.75, 3.05) is 0 Å². The minimum atomic E-state index is -0.974. The van der Waals surface area contributed by atoms with E-state index in [0.717, 1.165) is 42.5 Å². The molecule has 0 amide bonds. The summed E-state index contributed by atoms with van der Waals surface area (Å²) in [7, 11) is 0. The van der Waals surface area contributed by atoms with Gasteiger partial charge in [-0.3, -0.25) is 4.79 Å². The molecule has 0 saturated carbocycles. The molecular weight excluding hydrogens is 246 g/mol. The van der Waals surface area contributed by atoms with Crippen LogP contribution in [0.15, 0.2) is 29.3 Å². The smallest absolute Gasteiger partial charge is 0.189 e. The van der Waals surface area contributed by atoms with Crippen molar-refractivity contribution >= 4 is 5.78 Å². The van der Waals surface area contributed by atoms with Gasteiger partial charge in [0.2, 0.25) is 0 Å². The van der Waals surface area contributed by atoms with E-state index in [1.807, 2.05) is 20.8 Å². The molecule has 1 aromatic rings. The highest BCUT2D eigenvalue weighted by atomic mass is 19.2. The maximum absolute atomic E-state index is 13.3. The molecule has 0 aliphatic heterocycles. The van der Waals surface area contributed by atoms with Crippen LogP contribution in [-0.2, 0) is 0 Å². The molecular formula is C16H18F2O. The van der Waals surface area contributed by atoms with Gasteiger partial charge in [0, 0.05) is 11.1 Å². The summed E-state index contributed by atoms with van der Waals surface area (Å²) in [4.78, 5) is 12.5. The molecule has 2 rings (SSSR count). The number of Topliss-reactive ketones (excluding diaryl/α,β-unsaturated/α-hetero) is 1. The van der Waals surface area contributed by atoms with E-state index in [4.69, 9.17) is 0 Å². The first kappa shape index (κ1) is 13.9. The van der Waals surface area contributed by atoms with Crippen molar-refractivity contribution < 1.29 is 13.6 Å². The van der Waals surface area contributed by atoms with Crippen LogP contribution in [0, 0.1) is 17.0 Å². The molecule has 0 atom stereocenters. The maximum atomic E-state index is 13.3. The molecule has 0 fully saturated rings. The van der Waals surface area contributed by atoms with Crippen LogP contribution in [0.5, 0.6) is 0 Å². The predicted molar refractivity (Wildman–Crippen MR) is 71.0 cm³/mol. The third-order valence-corrected chi connectivity index (χ3v) is 3.87. The van der Waals surface area contributed by atoms with Gasteiger partial charge in [0.1, 0.15) is 0 Å². The average Bonchev–Trinajstić information content (AvgIpc) is 2.31. The van der Waals surface area contributed by atoms with Gasteiger partial charge in [0.15, 0.2) is 17.4 Å². The minimum Gasteiger partial charge on any atom is -0.289 e. The molecule has 1 aromatic carbocycles. The number of hydrogen-bond acceptors (Lipinski definition) is 1. The van der Waals surface area contributed by atoms with Crippen LogP contribution < -0.4 is 0 Å². The van der Waals surface area contributed by atoms with Gasteiger partial charge in [-0.1, -0.05) is 19.4 Å². The molecule has 1 aliphatic carbocycles. The molecule has 0 aromatic heterocycles. The van der Waals surface area contributed by atoms with E-state index in [0.29, 0.717) is 0 Å². The first-order valence-electron chi connectivity index (χ1n) is 6.53. The van der Waals surface area contributed by atoms with Crippen LogP contribution in [0.2, 0.25) is 0 Å². The van der Waals surface area contributed by atoms with Crippen LogP contribution in [0.3, 0.4) is 0 Å². The molecule has 3 heteroatoms. The Labute approximate surface area is 112 Å². The SMILES string of the molecule is CC1=C(C(=O)c2ccc(F)c(F)c2)C(C)(C)CCC1. The van der Waals surface area contributed by atoms with Crippen molar-refractivity contribution in [3.05, 3.63) is 46.5 Å². The third kappa shape index (κ3) is 2.60. The van der Waals surface area contributed by atoms with Gasteiger partial charge >= 0.3 is 0 Å². The number of hydrogen-bond donors (Lipinski definition) is 0. The summed E-state index contributed by atoms with van der Waals surface area (Å²) >= 11 is 0. The zero-order valence-electron chi connectivity index (χ0n) is 11.5. The van der Waals surface area contributed by atoms with Gasteiger partial charge in [-0.25, -0.2) is 8.78 Å². The molecule has 1 aliphatic rings. The summed E-state index contributed by atoms with van der Waals surface area (Å²) in [6, 6.07) is 3.35. The normalized spacial score (nSPS) is 18.6. The predicted octanol–water partition coefficient (Wildman–Crippen LogP) is 4.67. The maximum Gasteiger partial charge on any atom is 0.189 e. The summed E-state index contributed by atoms with van der Waals surface area (Å²) in [5, 5.41) is 0. The topological polar surface area (TPSA) is 17.1 Å². The molecule has 0 radical (unpaired) electrons. The van der Waals surface area contributed by atoms with E-state index in [1.165, 1.54) is 6.07 Å². The zero-order chi connectivity index (χ0) is 14.2. The first-order chi connectivity index (χ1) is 8.83. The van der Waals surface area contributed by atoms with E-state index in [9.17, 15) is 13.6 Å². The van der Waals surface area contributed by atoms with Crippen LogP contribution in [0.25, 0.3) is 0 Å². The summed E-state index contributed by atoms with van der Waals surface area (Å²) in [6.45, 7) is 6.01. The molecule has 0 spiro atoms. The van der Waals surface area contributed by atoms with E-state index in [-0.39, 0.29) is 16.8 Å². The van der Waals surface area contributed by atoms with E-state index >= 15 is 0 Å². The molecule has 0 saturated heterocycles. The van der Waals surface area contributed by atoms with Crippen molar-refractivity contribution in [1.82, 2.24) is 0 Å². The second kappa shape index (κ2) is 4.87. The van der Waals surface area contributed by atoms with Gasteiger partial charge in [-0.2, -0.15) is 0 Å². The second-order valence-electron chi connectivity index (χ2n) is 5.85. The van der Waals surface area contributed by atoms with Crippen molar-refractivity contribution in [1.29, 1.82) is 0 Å². The number of halogens is 2. The Morgan fingerprint density at radius 2 is 1.89 bits per heavy atom. The van der Waals surface area contributed by atoms with Crippen molar-refractivity contribution in [3.63, 3.8) is 0 Å². The highest BCUT2D eigenvalue weighted by Crippen LogP contribution is 2.41. The Bertz CT molecular complexity index is 556. The van der Waals surface area contributed by atoms with E-state index < -0.39 is 11.6 Å². The van der Waals surface area contributed by atoms with Crippen molar-refractivity contribution in [2.24, 2.45) is 5.41 Å². The lowest BCUT2D eigenvalue weighted by molar-refractivity contribution is 0.0997. The molecule has 0 heterocycles. The molecule has 1 nitrogen and oxygen atoms in total. The van der Waals surface area contributed by atoms with Gasteiger partial charge in [-0.15, -0.1) is 0 Å². The quantitative estimate of drug-likeness (QED) is 0.709. The summed E-state index contributed by atoms with van der Waals surface area (Å²) in [5.74, 6) is -2.08. The monoisotopic (exact) mass is 264 g/mol. The van der Waals surface area contributed by atoms with Crippen LogP contribution in [-0.4, -0.2) is 5.78 Å². The van der Waals surface area contributed by atoms with Crippen molar-refractivity contribution in [2.45, 2.75) is 40.0 Å². The molecule has 0 N–H and O–H groups in total. The highest BCUT2D eigenvalue weighted by molar-refractivity contribution is 6.10. The van der Waals surface area contributed by atoms with E-state index in [2.05, 4.69) is 0 Å². The van der Waals surface area contributed by atoms with Crippen LogP contribution in [0.4, 0.5) is 8.78 Å². The number of benzene rings is 1. The summed E-state index contributed by atoms with van der Waals surface area (Å²) in [5.41, 5.74) is 1.84. The number of rotatable bonds is 2. The van der Waals surface area contributed by atoms with Gasteiger partial charge in [0.05, 0.1) is 0 Å². The Balaban J connectivity index is 2.45. The Morgan fingerprint density at radius 3 is 2.47 bits per heavy atom. The summed E-state index contributed by atoms with van der Waals surface area (Å²) < 4.78 is 26.2. The van der Waals surface area contributed by atoms with E-state index in [1.54, 1.807) is 0 Å². The Kier molecular flexibility index (Phi) is 3.57. The minimum absolute atomic E-state index is 0.180. The van der Waals surface area contributed by atoms with Gasteiger partial charge < -0.3 is 0 Å². The lowest BCUT2D eigenvalue weighted by atomic mass is 9.70. The van der Waals surface area contributed by atoms with Crippen LogP contribution >= 0.6 is 0 Å². The average molecular weight is 264 g/mol. The second-order valence-corrected chi connectivity index (χ2v) is 5.85. The van der Waals surface area contributed by atoms with Crippen LogP contribution in [0.1, 0.15) is 50.4 Å². The number of carbonyl (C=O) groups excluding carboxylic acids is 1. The highest BCUT2D eigenvalue weighted by Gasteiger charge is 2.33. The fraction of sp³-hybridized carbons (Fsp3) is 0.438. The van der Waals surface area contributed by atoms with Gasteiger partial charge in [-0.05, 0) is 49.8 Å². The number of allylic oxidation sites excluding steroid dienone is 2. The van der Waals surface area contributed by atoms with Crippen molar-refractivity contribution in [3.8, 4) is 0 Å². The first-order valence-corrected chi connectivity index (χ1v) is 6.53. The van der Waals surface area contributed by atoms with Gasteiger partial charge in [0.25, 0.3) is 0 Å². The standard InChI is InChI=1S/C16H18F2O/c1-10-5-4-8-16(2,3)14(10)15(19)11-6-7-12(17)13(18)9-11/h6-7,9H,4-5,8H2,1-3H3. The lowest BCUT2D eigenvalue weighted by Gasteiger charge is -2.33. The fourth-order valence-electron chi connectivity index (χ4n) is 2.91. The number of carbonyl (C=O) groups is 1. The largest absolute Gasteiger partial charge is 0.289 e. The zero-order valence-corrected chi connectivity index (χ0v) is 11.5. The number of ketones is 1. The Morgan fingerprint density at radius 1 is 1.21 bits per heavy atom. The molecule has 0 bridgehead atoms. The fourth-order valence-corrected chi connectivity index (χ4v) is 2.91. The third-order valence-electron chi connectivity index (χ3n) is 3.87. The molecule has 0 unspecified atom stereocenters. The summed E-state index contributed by atoms with van der Waals surface area (Å²) in [6.07, 6.45) is 2.90. The lowest BCUT2D eigenvalue weighted by Crippen LogP contribution is -2.26. The Hall–Kier alpha value is -1.51. The molecule has 102 valence electrons. The molecule has 19 heavy (non-hydrogen) atoms.